The van der Waals surface area contributed by atoms with Crippen LogP contribution in [0.5, 0.6) is 0 Å². The van der Waals surface area contributed by atoms with Crippen LogP contribution in [0.15, 0.2) is 30.5 Å². The Kier molecular flexibility index (Phi) is 3.88. The zero-order valence-electron chi connectivity index (χ0n) is 11.6. The first-order valence-corrected chi connectivity index (χ1v) is 7.68. The van der Waals surface area contributed by atoms with Crippen molar-refractivity contribution < 1.29 is 0 Å². The number of aryl methyl sites for hydroxylation is 1. The molecule has 19 heavy (non-hydrogen) atoms. The van der Waals surface area contributed by atoms with Gasteiger partial charge in [0.15, 0.2) is 0 Å². The molecule has 1 aromatic carbocycles. The second-order valence-corrected chi connectivity index (χ2v) is 5.76. The Morgan fingerprint density at radius 2 is 1.95 bits per heavy atom. The van der Waals surface area contributed by atoms with Crippen molar-refractivity contribution >= 4 is 10.9 Å². The Morgan fingerprint density at radius 3 is 2.74 bits per heavy atom. The van der Waals surface area contributed by atoms with Gasteiger partial charge in [-0.1, -0.05) is 31.4 Å². The maximum atomic E-state index is 5.64. The van der Waals surface area contributed by atoms with Crippen molar-refractivity contribution in [2.45, 2.75) is 51.0 Å². The standard InChI is InChI=1S/C17H24N2/c18-12-5-7-14-6-4-10-17-16(14)11-13-19(17)15-8-2-1-3-9-15/h4,6,10-11,13,15H,1-3,5,7-9,12,18H2. The Bertz CT molecular complexity index is 535. The molecule has 1 heterocycles. The number of rotatable bonds is 4. The molecule has 1 aliphatic rings. The number of hydrogen-bond donors (Lipinski definition) is 1. The molecule has 2 nitrogen and oxygen atoms in total. The van der Waals surface area contributed by atoms with E-state index >= 15 is 0 Å². The molecule has 2 heteroatoms. The number of aromatic nitrogens is 1. The highest BCUT2D eigenvalue weighted by Gasteiger charge is 2.17. The van der Waals surface area contributed by atoms with E-state index in [-0.39, 0.29) is 0 Å². The van der Waals surface area contributed by atoms with Crippen LogP contribution in [0.1, 0.15) is 50.1 Å². The van der Waals surface area contributed by atoms with E-state index in [1.807, 2.05) is 0 Å². The molecule has 0 unspecified atom stereocenters. The molecular formula is C17H24N2. The fourth-order valence-electron chi connectivity index (χ4n) is 3.44. The van der Waals surface area contributed by atoms with Gasteiger partial charge in [-0.05, 0) is 49.9 Å². The van der Waals surface area contributed by atoms with E-state index in [9.17, 15) is 0 Å². The predicted molar refractivity (Wildman–Crippen MR) is 81.4 cm³/mol. The van der Waals surface area contributed by atoms with Crippen molar-refractivity contribution in [2.75, 3.05) is 6.54 Å². The Labute approximate surface area is 115 Å². The Hall–Kier alpha value is -1.28. The zero-order valence-corrected chi connectivity index (χ0v) is 11.6. The van der Waals surface area contributed by atoms with Crippen LogP contribution in [0.4, 0.5) is 0 Å². The molecule has 3 rings (SSSR count). The summed E-state index contributed by atoms with van der Waals surface area (Å²) in [6.07, 6.45) is 11.3. The van der Waals surface area contributed by atoms with E-state index in [0.717, 1.165) is 25.4 Å². The molecule has 0 amide bonds. The molecule has 1 aromatic heterocycles. The molecule has 1 aliphatic carbocycles. The summed E-state index contributed by atoms with van der Waals surface area (Å²) in [5.41, 5.74) is 8.51. The molecule has 1 fully saturated rings. The van der Waals surface area contributed by atoms with E-state index in [2.05, 4.69) is 35.0 Å². The van der Waals surface area contributed by atoms with Gasteiger partial charge in [0.1, 0.15) is 0 Å². The predicted octanol–water partition coefficient (Wildman–Crippen LogP) is 4.04. The smallest absolute Gasteiger partial charge is 0.0485 e. The van der Waals surface area contributed by atoms with Crippen LogP contribution in [-0.4, -0.2) is 11.1 Å². The van der Waals surface area contributed by atoms with Crippen molar-refractivity contribution in [1.29, 1.82) is 0 Å². The van der Waals surface area contributed by atoms with Crippen LogP contribution in [0, 0.1) is 0 Å². The van der Waals surface area contributed by atoms with E-state index < -0.39 is 0 Å². The number of benzene rings is 1. The fraction of sp³-hybridized carbons (Fsp3) is 0.529. The van der Waals surface area contributed by atoms with Gasteiger partial charge in [0, 0.05) is 23.1 Å². The lowest BCUT2D eigenvalue weighted by molar-refractivity contribution is 0.361. The molecule has 0 spiro atoms. The van der Waals surface area contributed by atoms with Gasteiger partial charge in [0.05, 0.1) is 0 Å². The third-order valence-corrected chi connectivity index (χ3v) is 4.47. The lowest BCUT2D eigenvalue weighted by Crippen LogP contribution is -2.11. The minimum absolute atomic E-state index is 0.719. The summed E-state index contributed by atoms with van der Waals surface area (Å²) >= 11 is 0. The molecule has 102 valence electrons. The summed E-state index contributed by atoms with van der Waals surface area (Å²) in [5.74, 6) is 0. The normalized spacial score (nSPS) is 17.1. The average Bonchev–Trinajstić information content (AvgIpc) is 2.90. The maximum Gasteiger partial charge on any atom is 0.0485 e. The summed E-state index contributed by atoms with van der Waals surface area (Å²) in [7, 11) is 0. The van der Waals surface area contributed by atoms with Crippen LogP contribution < -0.4 is 5.73 Å². The summed E-state index contributed by atoms with van der Waals surface area (Å²) < 4.78 is 2.51. The summed E-state index contributed by atoms with van der Waals surface area (Å²) in [4.78, 5) is 0. The van der Waals surface area contributed by atoms with Crippen molar-refractivity contribution in [3.63, 3.8) is 0 Å². The third-order valence-electron chi connectivity index (χ3n) is 4.47. The highest BCUT2D eigenvalue weighted by Crippen LogP contribution is 2.32. The van der Waals surface area contributed by atoms with Crippen molar-refractivity contribution in [1.82, 2.24) is 4.57 Å². The molecule has 0 saturated heterocycles. The van der Waals surface area contributed by atoms with E-state index in [0.29, 0.717) is 0 Å². The minimum atomic E-state index is 0.719. The van der Waals surface area contributed by atoms with Gasteiger partial charge in [-0.25, -0.2) is 0 Å². The number of hydrogen-bond acceptors (Lipinski definition) is 1. The van der Waals surface area contributed by atoms with Gasteiger partial charge >= 0.3 is 0 Å². The van der Waals surface area contributed by atoms with Crippen LogP contribution in [0.3, 0.4) is 0 Å². The second-order valence-electron chi connectivity index (χ2n) is 5.76. The number of fused-ring (bicyclic) bond motifs is 1. The molecule has 2 N–H and O–H groups in total. The second kappa shape index (κ2) is 5.79. The van der Waals surface area contributed by atoms with Crippen LogP contribution in [0.2, 0.25) is 0 Å². The molecule has 0 bridgehead atoms. The summed E-state index contributed by atoms with van der Waals surface area (Å²) in [5, 5.41) is 1.43. The molecule has 1 saturated carbocycles. The summed E-state index contributed by atoms with van der Waals surface area (Å²) in [6, 6.07) is 9.75. The van der Waals surface area contributed by atoms with Crippen LogP contribution >= 0.6 is 0 Å². The molecular weight excluding hydrogens is 232 g/mol. The van der Waals surface area contributed by atoms with Gasteiger partial charge in [-0.15, -0.1) is 0 Å². The highest BCUT2D eigenvalue weighted by molar-refractivity contribution is 5.83. The first kappa shape index (κ1) is 12.7. The van der Waals surface area contributed by atoms with Gasteiger partial charge in [-0.2, -0.15) is 0 Å². The molecule has 0 radical (unpaired) electrons. The molecule has 2 aromatic rings. The zero-order chi connectivity index (χ0) is 13.1. The van der Waals surface area contributed by atoms with Gasteiger partial charge < -0.3 is 10.3 Å². The highest BCUT2D eigenvalue weighted by atomic mass is 15.0. The van der Waals surface area contributed by atoms with Gasteiger partial charge in [0.25, 0.3) is 0 Å². The first-order valence-electron chi connectivity index (χ1n) is 7.68. The third kappa shape index (κ3) is 2.55. The SMILES string of the molecule is NCCCc1cccc2c1ccn2C1CCCCC1. The lowest BCUT2D eigenvalue weighted by atomic mass is 9.95. The Morgan fingerprint density at radius 1 is 1.11 bits per heavy atom. The largest absolute Gasteiger partial charge is 0.344 e. The van der Waals surface area contributed by atoms with Crippen molar-refractivity contribution in [3.05, 3.63) is 36.0 Å². The quantitative estimate of drug-likeness (QED) is 0.879. The fourth-order valence-corrected chi connectivity index (χ4v) is 3.44. The molecule has 0 atom stereocenters. The average molecular weight is 256 g/mol. The van der Waals surface area contributed by atoms with Crippen LogP contribution in [-0.2, 0) is 6.42 Å². The topological polar surface area (TPSA) is 30.9 Å². The monoisotopic (exact) mass is 256 g/mol. The number of nitrogens with two attached hydrogens (primary N) is 1. The number of nitrogens with zero attached hydrogens (tertiary/aromatic N) is 1. The molecule has 0 aliphatic heterocycles. The van der Waals surface area contributed by atoms with Crippen molar-refractivity contribution in [3.8, 4) is 0 Å². The summed E-state index contributed by atoms with van der Waals surface area (Å²) in [6.45, 7) is 0.778. The van der Waals surface area contributed by atoms with E-state index in [4.69, 9.17) is 5.73 Å². The first-order chi connectivity index (χ1) is 9.40. The maximum absolute atomic E-state index is 5.64. The van der Waals surface area contributed by atoms with Crippen molar-refractivity contribution in [2.24, 2.45) is 5.73 Å². The van der Waals surface area contributed by atoms with Gasteiger partial charge in [-0.3, -0.25) is 0 Å². The van der Waals surface area contributed by atoms with Crippen LogP contribution in [0.25, 0.3) is 10.9 Å². The van der Waals surface area contributed by atoms with E-state index in [1.165, 1.54) is 48.6 Å². The Balaban J connectivity index is 1.94. The minimum Gasteiger partial charge on any atom is -0.344 e. The van der Waals surface area contributed by atoms with Gasteiger partial charge in [0.2, 0.25) is 0 Å². The lowest BCUT2D eigenvalue weighted by Gasteiger charge is -2.24. The van der Waals surface area contributed by atoms with E-state index in [1.54, 1.807) is 0 Å².